The minimum atomic E-state index is -0.594. The van der Waals surface area contributed by atoms with Crippen molar-refractivity contribution in [3.8, 4) is 28.2 Å². The fraction of sp³-hybridized carbons (Fsp3) is 0.125. The van der Waals surface area contributed by atoms with Crippen molar-refractivity contribution < 1.29 is 4.39 Å². The number of aromatic amines is 1. The van der Waals surface area contributed by atoms with E-state index in [0.717, 1.165) is 16.8 Å². The minimum absolute atomic E-state index is 0.229. The Morgan fingerprint density at radius 2 is 1.91 bits per heavy atom. The van der Waals surface area contributed by atoms with Gasteiger partial charge in [0.15, 0.2) is 0 Å². The van der Waals surface area contributed by atoms with E-state index in [1.54, 1.807) is 22.8 Å². The van der Waals surface area contributed by atoms with Crippen LogP contribution in [0.5, 0.6) is 0 Å². The van der Waals surface area contributed by atoms with Crippen LogP contribution < -0.4 is 5.56 Å². The van der Waals surface area contributed by atoms with Gasteiger partial charge in [0.05, 0.1) is 17.4 Å². The summed E-state index contributed by atoms with van der Waals surface area (Å²) in [6.07, 6.45) is 2.68. The predicted molar refractivity (Wildman–Crippen MR) is 124 cm³/mol. The second kappa shape index (κ2) is 8.03. The Labute approximate surface area is 197 Å². The van der Waals surface area contributed by atoms with E-state index in [1.807, 2.05) is 36.4 Å². The highest BCUT2D eigenvalue weighted by molar-refractivity contribution is 6.31. The van der Waals surface area contributed by atoms with Gasteiger partial charge in [-0.05, 0) is 53.1 Å². The summed E-state index contributed by atoms with van der Waals surface area (Å²) >= 11 is 6.26. The standard InChI is InChI=1S/C24H17ClFN7O/c25-16-6-8-19(32-13-27-30-31-32)18(12-16)15-10-17-7-9-20(33(17)21(34)11-15)22-23(26)29-24(28-22)14-4-2-1-3-5-14/h1-6,8,10-13,20H,7,9H2,(H,28,29)/t20-/m0/s1. The minimum Gasteiger partial charge on any atom is -0.338 e. The van der Waals surface area contributed by atoms with E-state index in [1.165, 1.54) is 17.1 Å². The zero-order valence-electron chi connectivity index (χ0n) is 17.7. The molecule has 0 saturated carbocycles. The molecule has 1 atom stereocenters. The highest BCUT2D eigenvalue weighted by Crippen LogP contribution is 2.35. The van der Waals surface area contributed by atoms with Crippen LogP contribution in [-0.2, 0) is 6.42 Å². The van der Waals surface area contributed by atoms with E-state index in [0.29, 0.717) is 40.6 Å². The fourth-order valence-electron chi connectivity index (χ4n) is 4.55. The van der Waals surface area contributed by atoms with E-state index in [9.17, 15) is 9.18 Å². The SMILES string of the molecule is O=c1cc(-c2cc(Cl)ccc2-n2cnnn2)cc2n1[C@H](c1[nH]c(-c3ccccc3)nc1F)CC2. The van der Waals surface area contributed by atoms with Gasteiger partial charge < -0.3 is 9.55 Å². The third-order valence-electron chi connectivity index (χ3n) is 6.06. The molecular formula is C24H17ClFN7O. The Bertz CT molecular complexity index is 1560. The zero-order valence-corrected chi connectivity index (χ0v) is 18.4. The van der Waals surface area contributed by atoms with Crippen LogP contribution in [0.2, 0.25) is 5.02 Å². The van der Waals surface area contributed by atoms with Crippen LogP contribution in [0.25, 0.3) is 28.2 Å². The molecular weight excluding hydrogens is 457 g/mol. The summed E-state index contributed by atoms with van der Waals surface area (Å²) in [6.45, 7) is 0. The summed E-state index contributed by atoms with van der Waals surface area (Å²) in [5, 5.41) is 11.9. The lowest BCUT2D eigenvalue weighted by atomic mass is 10.0. The van der Waals surface area contributed by atoms with Gasteiger partial charge in [-0.2, -0.15) is 9.07 Å². The molecule has 0 saturated heterocycles. The largest absolute Gasteiger partial charge is 0.338 e. The Hall–Kier alpha value is -4.11. The summed E-state index contributed by atoms with van der Waals surface area (Å²) in [5.41, 5.74) is 3.79. The van der Waals surface area contributed by atoms with Crippen molar-refractivity contribution in [3.05, 3.63) is 99.7 Å². The smallest absolute Gasteiger partial charge is 0.251 e. The van der Waals surface area contributed by atoms with Crippen molar-refractivity contribution in [3.63, 3.8) is 0 Å². The Morgan fingerprint density at radius 3 is 2.71 bits per heavy atom. The van der Waals surface area contributed by atoms with Gasteiger partial charge in [-0.3, -0.25) is 4.79 Å². The topological polar surface area (TPSA) is 94.3 Å². The molecule has 0 spiro atoms. The molecule has 0 bridgehead atoms. The molecule has 8 nitrogen and oxygen atoms in total. The predicted octanol–water partition coefficient (Wildman–Crippen LogP) is 4.21. The first-order valence-corrected chi connectivity index (χ1v) is 11.1. The molecule has 6 rings (SSSR count). The van der Waals surface area contributed by atoms with Crippen LogP contribution in [-0.4, -0.2) is 34.7 Å². The first kappa shape index (κ1) is 20.5. The van der Waals surface area contributed by atoms with Gasteiger partial charge in [-0.25, -0.2) is 4.98 Å². The number of hydrogen-bond acceptors (Lipinski definition) is 5. The zero-order chi connectivity index (χ0) is 23.2. The van der Waals surface area contributed by atoms with Crippen molar-refractivity contribution in [2.45, 2.75) is 18.9 Å². The lowest BCUT2D eigenvalue weighted by molar-refractivity contribution is 0.515. The number of nitrogens with one attached hydrogen (secondary N) is 1. The Balaban J connectivity index is 1.43. The number of halogens is 2. The van der Waals surface area contributed by atoms with Crippen LogP contribution in [0.1, 0.15) is 23.9 Å². The fourth-order valence-corrected chi connectivity index (χ4v) is 4.73. The van der Waals surface area contributed by atoms with Gasteiger partial charge in [0, 0.05) is 27.9 Å². The van der Waals surface area contributed by atoms with Crippen LogP contribution >= 0.6 is 11.6 Å². The van der Waals surface area contributed by atoms with Crippen LogP contribution in [0, 0.1) is 5.95 Å². The molecule has 5 aromatic rings. The van der Waals surface area contributed by atoms with E-state index in [2.05, 4.69) is 25.5 Å². The maximum Gasteiger partial charge on any atom is 0.251 e. The molecule has 0 fully saturated rings. The van der Waals surface area contributed by atoms with Crippen molar-refractivity contribution in [2.24, 2.45) is 0 Å². The van der Waals surface area contributed by atoms with E-state index < -0.39 is 12.0 Å². The lowest BCUT2D eigenvalue weighted by Crippen LogP contribution is -2.24. The summed E-state index contributed by atoms with van der Waals surface area (Å²) in [7, 11) is 0. The average Bonchev–Trinajstić information content (AvgIpc) is 3.59. The molecule has 34 heavy (non-hydrogen) atoms. The number of pyridine rings is 1. The van der Waals surface area contributed by atoms with Crippen LogP contribution in [0.15, 0.2) is 71.8 Å². The van der Waals surface area contributed by atoms with Gasteiger partial charge in [0.2, 0.25) is 5.95 Å². The number of nitrogens with zero attached hydrogens (tertiary/aromatic N) is 6. The van der Waals surface area contributed by atoms with Crippen molar-refractivity contribution in [1.82, 2.24) is 34.7 Å². The van der Waals surface area contributed by atoms with Gasteiger partial charge in [0.1, 0.15) is 12.2 Å². The number of imidazole rings is 1. The van der Waals surface area contributed by atoms with Gasteiger partial charge >= 0.3 is 0 Å². The number of aryl methyl sites for hydroxylation is 1. The molecule has 4 heterocycles. The molecule has 10 heteroatoms. The van der Waals surface area contributed by atoms with Crippen LogP contribution in [0.4, 0.5) is 4.39 Å². The van der Waals surface area contributed by atoms with Gasteiger partial charge in [-0.1, -0.05) is 41.9 Å². The monoisotopic (exact) mass is 473 g/mol. The molecule has 168 valence electrons. The average molecular weight is 474 g/mol. The summed E-state index contributed by atoms with van der Waals surface area (Å²) < 4.78 is 18.0. The number of fused-ring (bicyclic) bond motifs is 1. The third kappa shape index (κ3) is 3.41. The first-order chi connectivity index (χ1) is 16.6. The Morgan fingerprint density at radius 1 is 1.06 bits per heavy atom. The quantitative estimate of drug-likeness (QED) is 0.422. The molecule has 0 unspecified atom stereocenters. The highest BCUT2D eigenvalue weighted by atomic mass is 35.5. The number of hydrogen-bond donors (Lipinski definition) is 1. The van der Waals surface area contributed by atoms with Crippen LogP contribution in [0.3, 0.4) is 0 Å². The maximum absolute atomic E-state index is 14.9. The number of H-pyrrole nitrogens is 1. The van der Waals surface area contributed by atoms with Gasteiger partial charge in [0.25, 0.3) is 5.56 Å². The molecule has 0 radical (unpaired) electrons. The number of aromatic nitrogens is 7. The van der Waals surface area contributed by atoms with Crippen molar-refractivity contribution in [2.75, 3.05) is 0 Å². The normalized spacial score (nSPS) is 14.9. The number of benzene rings is 2. The molecule has 1 aliphatic heterocycles. The molecule has 0 amide bonds. The molecule has 0 aliphatic carbocycles. The summed E-state index contributed by atoms with van der Waals surface area (Å²) in [4.78, 5) is 20.5. The molecule has 1 aliphatic rings. The molecule has 1 N–H and O–H groups in total. The lowest BCUT2D eigenvalue weighted by Gasteiger charge is -2.15. The highest BCUT2D eigenvalue weighted by Gasteiger charge is 2.30. The second-order valence-electron chi connectivity index (χ2n) is 8.07. The van der Waals surface area contributed by atoms with E-state index >= 15 is 0 Å². The Kier molecular flexibility index (Phi) is 4.84. The summed E-state index contributed by atoms with van der Waals surface area (Å²) in [6, 6.07) is 17.7. The third-order valence-corrected chi connectivity index (χ3v) is 6.30. The molecule has 3 aromatic heterocycles. The molecule has 2 aromatic carbocycles. The maximum atomic E-state index is 14.9. The summed E-state index contributed by atoms with van der Waals surface area (Å²) in [5.74, 6) is -0.153. The first-order valence-electron chi connectivity index (χ1n) is 10.7. The second-order valence-corrected chi connectivity index (χ2v) is 8.51. The van der Waals surface area contributed by atoms with E-state index in [-0.39, 0.29) is 5.56 Å². The van der Waals surface area contributed by atoms with E-state index in [4.69, 9.17) is 11.6 Å². The van der Waals surface area contributed by atoms with Crippen molar-refractivity contribution >= 4 is 11.6 Å². The van der Waals surface area contributed by atoms with Gasteiger partial charge in [-0.15, -0.1) is 5.10 Å². The van der Waals surface area contributed by atoms with Crippen molar-refractivity contribution in [1.29, 1.82) is 0 Å². The number of tetrazole rings is 1. The number of rotatable bonds is 4.